The van der Waals surface area contributed by atoms with Crippen LogP contribution >= 0.6 is 0 Å². The van der Waals surface area contributed by atoms with E-state index in [4.69, 9.17) is 0 Å². The molecule has 0 saturated carbocycles. The molecule has 0 unspecified atom stereocenters. The van der Waals surface area contributed by atoms with Crippen LogP contribution in [0.25, 0.3) is 6.08 Å². The summed E-state index contributed by atoms with van der Waals surface area (Å²) in [7, 11) is 0. The predicted octanol–water partition coefficient (Wildman–Crippen LogP) is 2.65. The van der Waals surface area contributed by atoms with Crippen LogP contribution in [-0.4, -0.2) is 61.4 Å². The van der Waals surface area contributed by atoms with Gasteiger partial charge in [0.25, 0.3) is 0 Å². The Morgan fingerprint density at radius 3 is 2.50 bits per heavy atom. The molecule has 3 aliphatic rings. The van der Waals surface area contributed by atoms with E-state index in [2.05, 4.69) is 52.0 Å². The highest BCUT2D eigenvalue weighted by atomic mass is 16.2. The molecule has 2 aliphatic heterocycles. The number of allylic oxidation sites excluding steroid dienone is 1. The van der Waals surface area contributed by atoms with Crippen molar-refractivity contribution >= 4 is 29.5 Å². The number of rotatable bonds is 7. The summed E-state index contributed by atoms with van der Waals surface area (Å²) in [6.07, 6.45) is 7.62. The molecule has 2 heterocycles. The first kappa shape index (κ1) is 24.3. The Morgan fingerprint density at radius 1 is 0.972 bits per heavy atom. The molecule has 0 radical (unpaired) electrons. The molecule has 2 aromatic carbocycles. The number of nitrogens with zero attached hydrogens (tertiary/aromatic N) is 2. The van der Waals surface area contributed by atoms with Crippen LogP contribution in [-0.2, 0) is 26.2 Å². The average Bonchev–Trinajstić information content (AvgIpc) is 3.45. The van der Waals surface area contributed by atoms with Crippen LogP contribution in [0.1, 0.15) is 42.9 Å². The second kappa shape index (κ2) is 10.3. The molecule has 2 N–H and O–H groups in total. The summed E-state index contributed by atoms with van der Waals surface area (Å²) in [4.78, 5) is 41.6. The fourth-order valence-corrected chi connectivity index (χ4v) is 5.87. The number of hydrogen-bond donors (Lipinski definition) is 2. The van der Waals surface area contributed by atoms with Gasteiger partial charge in [-0.15, -0.1) is 0 Å². The second-order valence-corrected chi connectivity index (χ2v) is 10.1. The molecule has 3 amide bonds. The second-order valence-electron chi connectivity index (χ2n) is 10.1. The fraction of sp³-hybridized carbons (Fsp3) is 0.414. The van der Waals surface area contributed by atoms with Crippen molar-refractivity contribution in [2.24, 2.45) is 0 Å². The molecule has 5 rings (SSSR count). The molecule has 36 heavy (non-hydrogen) atoms. The van der Waals surface area contributed by atoms with Crippen LogP contribution in [0.2, 0.25) is 0 Å². The van der Waals surface area contributed by atoms with Crippen LogP contribution in [0.4, 0.5) is 5.69 Å². The molecule has 2 aromatic rings. The Labute approximate surface area is 212 Å². The van der Waals surface area contributed by atoms with Crippen molar-refractivity contribution in [2.45, 2.75) is 44.1 Å². The van der Waals surface area contributed by atoms with E-state index in [0.717, 1.165) is 37.2 Å². The molecule has 1 fully saturated rings. The summed E-state index contributed by atoms with van der Waals surface area (Å²) >= 11 is 0. The van der Waals surface area contributed by atoms with Crippen molar-refractivity contribution in [2.75, 3.05) is 37.6 Å². The van der Waals surface area contributed by atoms with Crippen molar-refractivity contribution in [1.29, 1.82) is 0 Å². The van der Waals surface area contributed by atoms with Gasteiger partial charge in [0.05, 0.1) is 0 Å². The number of fused-ring (bicyclic) bond motifs is 3. The third-order valence-corrected chi connectivity index (χ3v) is 7.81. The SMILES string of the molecule is CC(=O)NCCNC(=O)[C@@H]1Cc2ccccc2N1C(=O)CCN1CCC2(C=Cc3ccccc32)CC1. The first-order valence-electron chi connectivity index (χ1n) is 12.9. The number of nitrogens with one attached hydrogen (secondary N) is 2. The normalized spacial score (nSPS) is 19.7. The molecule has 1 atom stereocenters. The minimum atomic E-state index is -0.558. The largest absolute Gasteiger partial charge is 0.355 e. The Bertz CT molecular complexity index is 1180. The van der Waals surface area contributed by atoms with Crippen molar-refractivity contribution in [3.63, 3.8) is 0 Å². The Kier molecular flexibility index (Phi) is 6.92. The van der Waals surface area contributed by atoms with E-state index in [-0.39, 0.29) is 23.1 Å². The lowest BCUT2D eigenvalue weighted by molar-refractivity contribution is -0.126. The maximum absolute atomic E-state index is 13.4. The highest BCUT2D eigenvalue weighted by Crippen LogP contribution is 2.43. The number of para-hydroxylation sites is 1. The first-order chi connectivity index (χ1) is 17.5. The zero-order valence-electron chi connectivity index (χ0n) is 20.8. The standard InChI is InChI=1S/C29H34N4O3/c1-21(34)30-15-16-31-28(36)26-20-23-7-3-5-9-25(23)33(26)27(35)11-17-32-18-13-29(14-19-32)12-10-22-6-2-4-8-24(22)29/h2-10,12,26H,11,13-20H2,1H3,(H,30,34)(H,31,36)/t26-/m0/s1. The number of likely N-dealkylation sites (tertiary alicyclic amines) is 1. The van der Waals surface area contributed by atoms with Crippen LogP contribution in [0, 0.1) is 0 Å². The number of hydrogen-bond acceptors (Lipinski definition) is 4. The molecule has 0 bridgehead atoms. The lowest BCUT2D eigenvalue weighted by Gasteiger charge is -2.39. The molecule has 188 valence electrons. The number of amides is 3. The number of benzene rings is 2. The highest BCUT2D eigenvalue weighted by molar-refractivity contribution is 6.03. The summed E-state index contributed by atoms with van der Waals surface area (Å²) < 4.78 is 0. The molecule has 0 aromatic heterocycles. The summed E-state index contributed by atoms with van der Waals surface area (Å²) in [6, 6.07) is 15.9. The van der Waals surface area contributed by atoms with Gasteiger partial charge in [-0.25, -0.2) is 0 Å². The lowest BCUT2D eigenvalue weighted by atomic mass is 9.74. The first-order valence-corrected chi connectivity index (χ1v) is 12.9. The zero-order chi connectivity index (χ0) is 25.1. The van der Waals surface area contributed by atoms with E-state index in [9.17, 15) is 14.4 Å². The number of carbonyl (C=O) groups is 3. The van der Waals surface area contributed by atoms with Crippen molar-refractivity contribution in [3.8, 4) is 0 Å². The predicted molar refractivity (Wildman–Crippen MR) is 141 cm³/mol. The minimum Gasteiger partial charge on any atom is -0.355 e. The highest BCUT2D eigenvalue weighted by Gasteiger charge is 2.40. The fourth-order valence-electron chi connectivity index (χ4n) is 5.87. The molecular weight excluding hydrogens is 452 g/mol. The van der Waals surface area contributed by atoms with Crippen LogP contribution in [0.5, 0.6) is 0 Å². The van der Waals surface area contributed by atoms with Crippen LogP contribution in [0.15, 0.2) is 54.6 Å². The number of anilines is 1. The summed E-state index contributed by atoms with van der Waals surface area (Å²) in [5.41, 5.74) is 4.73. The average molecular weight is 487 g/mol. The molecular formula is C29H34N4O3. The van der Waals surface area contributed by atoms with E-state index in [1.807, 2.05) is 24.3 Å². The van der Waals surface area contributed by atoms with Gasteiger partial charge in [0.2, 0.25) is 17.7 Å². The smallest absolute Gasteiger partial charge is 0.243 e. The third kappa shape index (κ3) is 4.80. The molecule has 7 nitrogen and oxygen atoms in total. The van der Waals surface area contributed by atoms with Crippen molar-refractivity contribution in [3.05, 3.63) is 71.3 Å². The quantitative estimate of drug-likeness (QED) is 0.590. The van der Waals surface area contributed by atoms with Crippen LogP contribution < -0.4 is 15.5 Å². The van der Waals surface area contributed by atoms with Gasteiger partial charge in [-0.2, -0.15) is 0 Å². The molecule has 7 heteroatoms. The van der Waals surface area contributed by atoms with Gasteiger partial charge in [0.1, 0.15) is 6.04 Å². The molecule has 1 aliphatic carbocycles. The van der Waals surface area contributed by atoms with Gasteiger partial charge in [-0.3, -0.25) is 19.3 Å². The van der Waals surface area contributed by atoms with Crippen LogP contribution in [0.3, 0.4) is 0 Å². The van der Waals surface area contributed by atoms with Gasteiger partial charge in [-0.05, 0) is 48.7 Å². The molecule has 1 spiro atoms. The zero-order valence-corrected chi connectivity index (χ0v) is 20.8. The van der Waals surface area contributed by atoms with Crippen molar-refractivity contribution < 1.29 is 14.4 Å². The van der Waals surface area contributed by atoms with Gasteiger partial charge in [0, 0.05) is 50.5 Å². The van der Waals surface area contributed by atoms with Gasteiger partial charge >= 0.3 is 0 Å². The van der Waals surface area contributed by atoms with E-state index >= 15 is 0 Å². The maximum Gasteiger partial charge on any atom is 0.243 e. The number of piperidine rings is 1. The Balaban J connectivity index is 1.19. The monoisotopic (exact) mass is 486 g/mol. The Hall–Kier alpha value is -3.45. The topological polar surface area (TPSA) is 81.8 Å². The third-order valence-electron chi connectivity index (χ3n) is 7.81. The van der Waals surface area contributed by atoms with E-state index in [1.54, 1.807) is 4.90 Å². The van der Waals surface area contributed by atoms with Gasteiger partial charge in [0.15, 0.2) is 0 Å². The van der Waals surface area contributed by atoms with Gasteiger partial charge < -0.3 is 15.5 Å². The van der Waals surface area contributed by atoms with E-state index in [1.165, 1.54) is 18.1 Å². The summed E-state index contributed by atoms with van der Waals surface area (Å²) in [5, 5.41) is 5.56. The summed E-state index contributed by atoms with van der Waals surface area (Å²) in [6.45, 7) is 4.74. The Morgan fingerprint density at radius 2 is 1.69 bits per heavy atom. The number of carbonyl (C=O) groups excluding carboxylic acids is 3. The summed E-state index contributed by atoms with van der Waals surface area (Å²) in [5.74, 6) is -0.337. The van der Waals surface area contributed by atoms with E-state index < -0.39 is 6.04 Å². The lowest BCUT2D eigenvalue weighted by Crippen LogP contribution is -2.50. The molecule has 1 saturated heterocycles. The minimum absolute atomic E-state index is 0.0200. The van der Waals surface area contributed by atoms with Crippen molar-refractivity contribution in [1.82, 2.24) is 15.5 Å². The van der Waals surface area contributed by atoms with E-state index in [0.29, 0.717) is 32.5 Å². The van der Waals surface area contributed by atoms with Gasteiger partial charge in [-0.1, -0.05) is 54.6 Å². The maximum atomic E-state index is 13.4.